The predicted octanol–water partition coefficient (Wildman–Crippen LogP) is 1.81. The third-order valence-corrected chi connectivity index (χ3v) is 8.42. The molecule has 0 radical (unpaired) electrons. The van der Waals surface area contributed by atoms with Gasteiger partial charge in [0.15, 0.2) is 6.17 Å². The minimum Gasteiger partial charge on any atom is -0.477 e. The summed E-state index contributed by atoms with van der Waals surface area (Å²) in [5.74, 6) is -2.34. The minimum absolute atomic E-state index is 0.00563. The number of aliphatic hydroxyl groups excluding tert-OH is 1. The monoisotopic (exact) mass is 477 g/mol. The lowest BCUT2D eigenvalue weighted by Crippen LogP contribution is -2.63. The van der Waals surface area contributed by atoms with Crippen LogP contribution in [-0.4, -0.2) is 84.7 Å². The summed E-state index contributed by atoms with van der Waals surface area (Å²) in [6.07, 6.45) is 5.70. The molecular weight excluding hydrogens is 448 g/mol. The maximum absolute atomic E-state index is 13.0. The van der Waals surface area contributed by atoms with E-state index in [1.54, 1.807) is 32.7 Å². The first-order valence-electron chi connectivity index (χ1n) is 10.9. The third-order valence-electron chi connectivity index (χ3n) is 6.93. The molecule has 0 spiro atoms. The number of likely N-dealkylation sites (tertiary alicyclic amines) is 1. The number of aliphatic carboxylic acids is 1. The van der Waals surface area contributed by atoms with Gasteiger partial charge in [-0.25, -0.2) is 14.3 Å². The van der Waals surface area contributed by atoms with Gasteiger partial charge in [-0.15, -0.1) is 11.8 Å². The summed E-state index contributed by atoms with van der Waals surface area (Å²) in [5.41, 5.74) is -0.00563. The Kier molecular flexibility index (Phi) is 6.14. The second kappa shape index (κ2) is 8.62. The molecule has 0 aliphatic carbocycles. The summed E-state index contributed by atoms with van der Waals surface area (Å²) in [6.45, 7) is 7.58. The SMILES string of the molecule is C=CCOC(=O)[N+]1(C)C[C@@H](SC2=C(C(=O)O)N3C(=O)[C@H]([C@@H](C)O)[C@H]3[C@H]2C)C[C@H]1n1ccnc1. The molecule has 1 aromatic heterocycles. The normalized spacial score (nSPS) is 34.1. The fraction of sp³-hybridized carbons (Fsp3) is 0.545. The van der Waals surface area contributed by atoms with E-state index in [1.807, 2.05) is 11.5 Å². The lowest BCUT2D eigenvalue weighted by Gasteiger charge is -2.46. The molecule has 7 atom stereocenters. The van der Waals surface area contributed by atoms with Crippen molar-refractivity contribution in [1.29, 1.82) is 0 Å². The van der Waals surface area contributed by atoms with Crippen LogP contribution < -0.4 is 0 Å². The highest BCUT2D eigenvalue weighted by Gasteiger charge is 2.61. The zero-order valence-electron chi connectivity index (χ0n) is 18.8. The highest BCUT2D eigenvalue weighted by molar-refractivity contribution is 8.03. The van der Waals surface area contributed by atoms with Crippen LogP contribution >= 0.6 is 11.8 Å². The number of fused-ring (bicyclic) bond motifs is 1. The van der Waals surface area contributed by atoms with E-state index in [2.05, 4.69) is 11.6 Å². The Morgan fingerprint density at radius 2 is 2.21 bits per heavy atom. The Bertz CT molecular complexity index is 1010. The number of carboxylic acids is 1. The van der Waals surface area contributed by atoms with Crippen LogP contribution in [0.4, 0.5) is 4.79 Å². The number of quaternary nitrogens is 1. The fourth-order valence-electron chi connectivity index (χ4n) is 5.37. The number of carbonyl (C=O) groups is 3. The predicted molar refractivity (Wildman–Crippen MR) is 119 cm³/mol. The maximum atomic E-state index is 13.0. The largest absolute Gasteiger partial charge is 0.517 e. The van der Waals surface area contributed by atoms with Gasteiger partial charge in [0.05, 0.1) is 36.7 Å². The number of carbonyl (C=O) groups excluding carboxylic acids is 2. The van der Waals surface area contributed by atoms with Gasteiger partial charge in [0, 0.05) is 29.6 Å². The number of carboxylic acid groups (broad SMARTS) is 1. The Morgan fingerprint density at radius 3 is 2.79 bits per heavy atom. The van der Waals surface area contributed by atoms with Gasteiger partial charge in [0.25, 0.3) is 0 Å². The van der Waals surface area contributed by atoms with Crippen molar-refractivity contribution in [3.63, 3.8) is 0 Å². The number of hydrogen-bond donors (Lipinski definition) is 2. The van der Waals surface area contributed by atoms with E-state index in [4.69, 9.17) is 4.74 Å². The number of rotatable bonds is 7. The number of thioether (sulfide) groups is 1. The highest BCUT2D eigenvalue weighted by atomic mass is 32.2. The van der Waals surface area contributed by atoms with Crippen molar-refractivity contribution >= 4 is 29.7 Å². The molecule has 33 heavy (non-hydrogen) atoms. The van der Waals surface area contributed by atoms with Gasteiger partial charge in [-0.3, -0.25) is 9.36 Å². The van der Waals surface area contributed by atoms with E-state index in [0.717, 1.165) is 0 Å². The van der Waals surface area contributed by atoms with Crippen LogP contribution in [-0.2, 0) is 14.3 Å². The molecule has 178 valence electrons. The zero-order chi connectivity index (χ0) is 24.1. The van der Waals surface area contributed by atoms with Gasteiger partial charge in [0.1, 0.15) is 18.8 Å². The molecule has 1 unspecified atom stereocenters. The summed E-state index contributed by atoms with van der Waals surface area (Å²) in [6, 6.07) is -0.365. The van der Waals surface area contributed by atoms with Crippen LogP contribution in [0.15, 0.2) is 42.0 Å². The molecule has 2 saturated heterocycles. The molecule has 0 saturated carbocycles. The van der Waals surface area contributed by atoms with Gasteiger partial charge >= 0.3 is 12.1 Å². The maximum Gasteiger partial charge on any atom is 0.517 e. The average molecular weight is 478 g/mol. The summed E-state index contributed by atoms with van der Waals surface area (Å²) in [5, 5.41) is 19.9. The molecule has 0 aromatic carbocycles. The molecule has 3 aliphatic heterocycles. The van der Waals surface area contributed by atoms with Crippen molar-refractivity contribution in [2.75, 3.05) is 20.2 Å². The van der Waals surface area contributed by atoms with Crippen molar-refractivity contribution in [2.24, 2.45) is 11.8 Å². The van der Waals surface area contributed by atoms with Crippen LogP contribution in [0.25, 0.3) is 0 Å². The van der Waals surface area contributed by atoms with E-state index in [1.165, 1.54) is 22.7 Å². The van der Waals surface area contributed by atoms with E-state index in [0.29, 0.717) is 17.9 Å². The van der Waals surface area contributed by atoms with Gasteiger partial charge in [-0.1, -0.05) is 19.6 Å². The zero-order valence-corrected chi connectivity index (χ0v) is 19.6. The molecule has 10 nitrogen and oxygen atoms in total. The minimum atomic E-state index is -1.16. The number of β-lactam (4-membered cyclic amide) rings is 1. The summed E-state index contributed by atoms with van der Waals surface area (Å²) in [4.78, 5) is 43.8. The lowest BCUT2D eigenvalue weighted by molar-refractivity contribution is -0.865. The van der Waals surface area contributed by atoms with E-state index >= 15 is 0 Å². The van der Waals surface area contributed by atoms with Crippen LogP contribution in [0.3, 0.4) is 0 Å². The van der Waals surface area contributed by atoms with Gasteiger partial charge in [-0.05, 0) is 6.92 Å². The van der Waals surface area contributed by atoms with E-state index in [-0.39, 0.29) is 46.1 Å². The number of aliphatic hydroxyl groups is 1. The average Bonchev–Trinajstić information content (AvgIpc) is 3.44. The first kappa shape index (κ1) is 23.5. The Morgan fingerprint density at radius 1 is 1.48 bits per heavy atom. The molecule has 2 fully saturated rings. The topological polar surface area (TPSA) is 122 Å². The first-order chi connectivity index (χ1) is 15.6. The first-order valence-corrected chi connectivity index (χ1v) is 11.8. The Balaban J connectivity index is 1.62. The van der Waals surface area contributed by atoms with Crippen molar-refractivity contribution in [3.05, 3.63) is 42.0 Å². The molecule has 2 amide bonds. The van der Waals surface area contributed by atoms with Crippen LogP contribution in [0, 0.1) is 11.8 Å². The summed E-state index contributed by atoms with van der Waals surface area (Å²) >= 11 is 1.41. The molecule has 3 aliphatic rings. The number of amides is 2. The third kappa shape index (κ3) is 3.68. The van der Waals surface area contributed by atoms with Crippen LogP contribution in [0.5, 0.6) is 0 Å². The van der Waals surface area contributed by atoms with Crippen molar-refractivity contribution in [1.82, 2.24) is 14.5 Å². The number of nitrogens with zero attached hydrogens (tertiary/aromatic N) is 4. The number of ether oxygens (including phenoxy) is 1. The molecule has 11 heteroatoms. The van der Waals surface area contributed by atoms with E-state index in [9.17, 15) is 24.6 Å². The van der Waals surface area contributed by atoms with Gasteiger partial charge in [0.2, 0.25) is 5.91 Å². The molecule has 1 aromatic rings. The van der Waals surface area contributed by atoms with Crippen molar-refractivity contribution < 1.29 is 33.8 Å². The smallest absolute Gasteiger partial charge is 0.477 e. The molecule has 4 heterocycles. The Hall–Kier alpha value is -2.63. The van der Waals surface area contributed by atoms with E-state index < -0.39 is 24.1 Å². The standard InChI is InChI=1S/C22H28N4O6S/c1-5-8-32-22(31)26(4)10-14(9-15(26)24-7-6-23-11-24)33-19-12(2)17-16(13(3)27)20(28)25(17)18(19)21(29)30/h5-7,11-17,27H,1,8-10H2,2-4H3/p+1/t12-,13-,14+,15+,16-,17-,26?/m1/s1. The highest BCUT2D eigenvalue weighted by Crippen LogP contribution is 2.53. The second-order valence-electron chi connectivity index (χ2n) is 9.05. The quantitative estimate of drug-likeness (QED) is 0.346. The summed E-state index contributed by atoms with van der Waals surface area (Å²) < 4.78 is 7.25. The van der Waals surface area contributed by atoms with Crippen molar-refractivity contribution in [3.8, 4) is 0 Å². The number of aromatic nitrogens is 2. The lowest BCUT2D eigenvalue weighted by atomic mass is 9.79. The number of imidazole rings is 1. The molecule has 0 bridgehead atoms. The van der Waals surface area contributed by atoms with Crippen LogP contribution in [0.2, 0.25) is 0 Å². The molecule has 4 rings (SSSR count). The van der Waals surface area contributed by atoms with Gasteiger partial charge in [-0.2, -0.15) is 4.79 Å². The molecule has 2 N–H and O–H groups in total. The number of hydrogen-bond acceptors (Lipinski definition) is 7. The fourth-order valence-corrected chi connectivity index (χ4v) is 7.03. The second-order valence-corrected chi connectivity index (χ2v) is 10.4. The summed E-state index contributed by atoms with van der Waals surface area (Å²) in [7, 11) is 1.81. The molecular formula is C22H29N4O6S+. The Labute approximate surface area is 196 Å². The van der Waals surface area contributed by atoms with Crippen molar-refractivity contribution in [2.45, 2.75) is 43.8 Å². The van der Waals surface area contributed by atoms with Crippen LogP contribution in [0.1, 0.15) is 26.4 Å². The van der Waals surface area contributed by atoms with Gasteiger partial charge < -0.3 is 19.8 Å².